The number of imide groups is 1. The zero-order valence-corrected chi connectivity index (χ0v) is 16.6. The molecule has 29 heavy (non-hydrogen) atoms. The van der Waals surface area contributed by atoms with Crippen molar-refractivity contribution in [1.82, 2.24) is 10.2 Å². The van der Waals surface area contributed by atoms with Crippen molar-refractivity contribution < 1.29 is 24.2 Å². The fraction of sp³-hybridized carbons (Fsp3) is 0.571. The van der Waals surface area contributed by atoms with Crippen molar-refractivity contribution in [3.63, 3.8) is 0 Å². The molecule has 2 aliphatic heterocycles. The zero-order valence-electron chi connectivity index (χ0n) is 16.6. The van der Waals surface area contributed by atoms with Gasteiger partial charge in [-0.2, -0.15) is 0 Å². The summed E-state index contributed by atoms with van der Waals surface area (Å²) in [4.78, 5) is 40.7. The Morgan fingerprint density at radius 3 is 2.72 bits per heavy atom. The van der Waals surface area contributed by atoms with Gasteiger partial charge in [-0.05, 0) is 43.5 Å². The molecule has 2 N–H and O–H groups in total. The molecule has 2 saturated heterocycles. The van der Waals surface area contributed by atoms with Crippen LogP contribution in [0.25, 0.3) is 0 Å². The number of benzene rings is 1. The predicted molar refractivity (Wildman–Crippen MR) is 106 cm³/mol. The summed E-state index contributed by atoms with van der Waals surface area (Å²) >= 11 is 0. The second-order valence-electron chi connectivity index (χ2n) is 8.21. The molecule has 3 aliphatic rings. The molecule has 0 spiro atoms. The number of hydrogen-bond acceptors (Lipinski definition) is 5. The monoisotopic (exact) mass is 401 g/mol. The Morgan fingerprint density at radius 1 is 1.24 bits per heavy atom. The minimum atomic E-state index is -0.871. The largest absolute Gasteiger partial charge is 0.497 e. The summed E-state index contributed by atoms with van der Waals surface area (Å²) in [5.74, 6) is 0.131. The molecule has 8 nitrogen and oxygen atoms in total. The van der Waals surface area contributed by atoms with Crippen molar-refractivity contribution in [2.75, 3.05) is 25.1 Å². The summed E-state index contributed by atoms with van der Waals surface area (Å²) in [6.45, 7) is 1.01. The third-order valence-electron chi connectivity index (χ3n) is 6.51. The van der Waals surface area contributed by atoms with Crippen molar-refractivity contribution in [2.24, 2.45) is 5.92 Å². The highest BCUT2D eigenvalue weighted by atomic mass is 16.5. The number of nitrogens with one attached hydrogen (secondary N) is 1. The lowest BCUT2D eigenvalue weighted by Crippen LogP contribution is -2.55. The molecule has 2 heterocycles. The SMILES string of the molecule is COc1ccc(N2C(=O)N[C@H](CC(=O)N3CC[C@]4(O)CCCC[C@@H]4C3)C2=O)cc1. The first-order valence-electron chi connectivity index (χ1n) is 10.2. The van der Waals surface area contributed by atoms with Gasteiger partial charge in [-0.1, -0.05) is 12.8 Å². The van der Waals surface area contributed by atoms with Crippen LogP contribution in [0.3, 0.4) is 0 Å². The Kier molecular flexibility index (Phi) is 5.21. The van der Waals surface area contributed by atoms with Gasteiger partial charge >= 0.3 is 6.03 Å². The molecule has 8 heteroatoms. The summed E-state index contributed by atoms with van der Waals surface area (Å²) in [5.41, 5.74) is -0.217. The number of nitrogens with zero attached hydrogens (tertiary/aromatic N) is 2. The smallest absolute Gasteiger partial charge is 0.329 e. The Morgan fingerprint density at radius 2 is 2.00 bits per heavy atom. The van der Waals surface area contributed by atoms with Gasteiger partial charge in [0.05, 0.1) is 24.8 Å². The first-order chi connectivity index (χ1) is 13.9. The maximum Gasteiger partial charge on any atom is 0.329 e. The van der Waals surface area contributed by atoms with E-state index in [-0.39, 0.29) is 18.2 Å². The Hall–Kier alpha value is -2.61. The molecule has 1 aromatic carbocycles. The van der Waals surface area contributed by atoms with Gasteiger partial charge in [-0.15, -0.1) is 0 Å². The average Bonchev–Trinajstić information content (AvgIpc) is 3.00. The Labute approximate surface area is 169 Å². The van der Waals surface area contributed by atoms with Gasteiger partial charge in [0, 0.05) is 19.0 Å². The van der Waals surface area contributed by atoms with Crippen LogP contribution in [0.15, 0.2) is 24.3 Å². The van der Waals surface area contributed by atoms with E-state index in [2.05, 4.69) is 5.32 Å². The summed E-state index contributed by atoms with van der Waals surface area (Å²) in [7, 11) is 1.54. The van der Waals surface area contributed by atoms with Crippen LogP contribution in [0.4, 0.5) is 10.5 Å². The number of rotatable bonds is 4. The van der Waals surface area contributed by atoms with Crippen molar-refractivity contribution >= 4 is 23.5 Å². The molecule has 3 atom stereocenters. The highest BCUT2D eigenvalue weighted by molar-refractivity contribution is 6.22. The lowest BCUT2D eigenvalue weighted by Gasteiger charge is -2.47. The minimum Gasteiger partial charge on any atom is -0.497 e. The lowest BCUT2D eigenvalue weighted by atomic mass is 9.71. The number of hydrogen-bond donors (Lipinski definition) is 2. The standard InChI is InChI=1S/C21H27N3O5/c1-29-16-7-5-15(6-8-16)24-19(26)17(22-20(24)27)12-18(25)23-11-10-21(28)9-3-2-4-14(21)13-23/h5-8,14,17,28H,2-4,9-13H2,1H3,(H,22,27)/t14-,17-,21-/m1/s1. The zero-order chi connectivity index (χ0) is 20.6. The Balaban J connectivity index is 1.40. The van der Waals surface area contributed by atoms with Gasteiger partial charge in [0.25, 0.3) is 5.91 Å². The number of amides is 4. The molecular weight excluding hydrogens is 374 g/mol. The van der Waals surface area contributed by atoms with Crippen molar-refractivity contribution in [3.05, 3.63) is 24.3 Å². The number of carbonyl (C=O) groups is 3. The van der Waals surface area contributed by atoms with Crippen LogP contribution in [-0.2, 0) is 9.59 Å². The molecule has 3 fully saturated rings. The summed E-state index contributed by atoms with van der Waals surface area (Å²) < 4.78 is 5.10. The van der Waals surface area contributed by atoms with E-state index in [0.717, 1.165) is 30.6 Å². The van der Waals surface area contributed by atoms with E-state index in [1.54, 1.807) is 36.3 Å². The number of aliphatic hydroxyl groups is 1. The van der Waals surface area contributed by atoms with E-state index in [1.807, 2.05) is 0 Å². The summed E-state index contributed by atoms with van der Waals surface area (Å²) in [5, 5.41) is 13.4. The molecule has 0 unspecified atom stereocenters. The van der Waals surface area contributed by atoms with Crippen molar-refractivity contribution in [3.8, 4) is 5.75 Å². The number of piperidine rings is 1. The second kappa shape index (κ2) is 7.67. The van der Waals surface area contributed by atoms with Crippen LogP contribution in [0.2, 0.25) is 0 Å². The molecule has 0 aromatic heterocycles. The van der Waals surface area contributed by atoms with Gasteiger partial charge in [-0.3, -0.25) is 9.59 Å². The highest BCUT2D eigenvalue weighted by Crippen LogP contribution is 2.40. The first-order valence-corrected chi connectivity index (χ1v) is 10.2. The number of anilines is 1. The number of fused-ring (bicyclic) bond motifs is 1. The van der Waals surface area contributed by atoms with E-state index >= 15 is 0 Å². The maximum absolute atomic E-state index is 12.8. The van der Waals surface area contributed by atoms with E-state index < -0.39 is 23.6 Å². The van der Waals surface area contributed by atoms with E-state index in [0.29, 0.717) is 30.9 Å². The topological polar surface area (TPSA) is 99.2 Å². The minimum absolute atomic E-state index is 0.0671. The molecule has 1 aromatic rings. The van der Waals surface area contributed by atoms with Crippen LogP contribution >= 0.6 is 0 Å². The third kappa shape index (κ3) is 3.69. The second-order valence-corrected chi connectivity index (χ2v) is 8.21. The van der Waals surface area contributed by atoms with Gasteiger partial charge in [-0.25, -0.2) is 9.69 Å². The van der Waals surface area contributed by atoms with Crippen LogP contribution in [0.1, 0.15) is 38.5 Å². The molecule has 0 bridgehead atoms. The van der Waals surface area contributed by atoms with Crippen LogP contribution < -0.4 is 15.0 Å². The number of urea groups is 1. The fourth-order valence-corrected chi connectivity index (χ4v) is 4.75. The van der Waals surface area contributed by atoms with E-state index in [4.69, 9.17) is 4.74 Å². The van der Waals surface area contributed by atoms with Crippen LogP contribution in [-0.4, -0.2) is 59.7 Å². The van der Waals surface area contributed by atoms with Crippen LogP contribution in [0, 0.1) is 5.92 Å². The molecule has 156 valence electrons. The normalized spacial score (nSPS) is 29.4. The van der Waals surface area contributed by atoms with E-state index in [1.165, 1.54) is 0 Å². The van der Waals surface area contributed by atoms with Crippen LogP contribution in [0.5, 0.6) is 5.75 Å². The predicted octanol–water partition coefficient (Wildman–Crippen LogP) is 1.66. The highest BCUT2D eigenvalue weighted by Gasteiger charge is 2.45. The van der Waals surface area contributed by atoms with Gasteiger partial charge in [0.15, 0.2) is 0 Å². The number of methoxy groups -OCH3 is 1. The quantitative estimate of drug-likeness (QED) is 0.748. The fourth-order valence-electron chi connectivity index (χ4n) is 4.75. The Bertz CT molecular complexity index is 811. The maximum atomic E-state index is 12.8. The molecule has 0 radical (unpaired) electrons. The van der Waals surface area contributed by atoms with Crippen molar-refractivity contribution in [2.45, 2.75) is 50.2 Å². The van der Waals surface area contributed by atoms with Gasteiger partial charge in [0.1, 0.15) is 11.8 Å². The number of ether oxygens (including phenoxy) is 1. The number of carbonyl (C=O) groups excluding carboxylic acids is 3. The summed E-state index contributed by atoms with van der Waals surface area (Å²) in [6, 6.07) is 5.22. The van der Waals surface area contributed by atoms with Gasteiger partial charge < -0.3 is 20.1 Å². The van der Waals surface area contributed by atoms with Gasteiger partial charge in [0.2, 0.25) is 5.91 Å². The molecule has 4 rings (SSSR count). The molecule has 4 amide bonds. The lowest BCUT2D eigenvalue weighted by molar-refractivity contribution is -0.144. The molecular formula is C21H27N3O5. The van der Waals surface area contributed by atoms with E-state index in [9.17, 15) is 19.5 Å². The third-order valence-corrected chi connectivity index (χ3v) is 6.51. The summed E-state index contributed by atoms with van der Waals surface area (Å²) in [6.07, 6.45) is 4.33. The average molecular weight is 401 g/mol. The molecule has 1 saturated carbocycles. The molecule has 1 aliphatic carbocycles. The number of likely N-dealkylation sites (tertiary alicyclic amines) is 1. The van der Waals surface area contributed by atoms with Crippen molar-refractivity contribution in [1.29, 1.82) is 0 Å². The first kappa shape index (κ1) is 19.7.